The van der Waals surface area contributed by atoms with Crippen molar-refractivity contribution in [2.75, 3.05) is 24.5 Å². The van der Waals surface area contributed by atoms with Gasteiger partial charge in [0.15, 0.2) is 0 Å². The summed E-state index contributed by atoms with van der Waals surface area (Å²) in [7, 11) is -3.41. The van der Waals surface area contributed by atoms with Gasteiger partial charge in [0.1, 0.15) is 4.21 Å². The molecule has 3 heterocycles. The molecule has 1 N–H and O–H groups in total. The highest BCUT2D eigenvalue weighted by atomic mass is 32.2. The van der Waals surface area contributed by atoms with Crippen molar-refractivity contribution < 1.29 is 18.0 Å². The number of amides is 2. The van der Waals surface area contributed by atoms with Gasteiger partial charge in [0, 0.05) is 36.6 Å². The van der Waals surface area contributed by atoms with Crippen molar-refractivity contribution in [3.63, 3.8) is 0 Å². The van der Waals surface area contributed by atoms with Crippen LogP contribution in [0.15, 0.2) is 40.6 Å². The maximum absolute atomic E-state index is 12.6. The fourth-order valence-corrected chi connectivity index (χ4v) is 6.76. The van der Waals surface area contributed by atoms with Crippen LogP contribution >= 0.6 is 11.3 Å². The molecule has 7 nitrogen and oxygen atoms in total. The van der Waals surface area contributed by atoms with E-state index in [9.17, 15) is 18.0 Å². The maximum atomic E-state index is 12.6. The summed E-state index contributed by atoms with van der Waals surface area (Å²) in [6, 6.07) is 10.9. The largest absolute Gasteiger partial charge is 0.351 e. The van der Waals surface area contributed by atoms with E-state index in [-0.39, 0.29) is 18.2 Å². The predicted octanol–water partition coefficient (Wildman–Crippen LogP) is 2.52. The second-order valence-corrected chi connectivity index (χ2v) is 10.9. The summed E-state index contributed by atoms with van der Waals surface area (Å²) in [6.45, 7) is 2.21. The van der Waals surface area contributed by atoms with Gasteiger partial charge in [-0.1, -0.05) is 12.1 Å². The highest BCUT2D eigenvalue weighted by Crippen LogP contribution is 2.27. The van der Waals surface area contributed by atoms with Crippen molar-refractivity contribution in [2.24, 2.45) is 0 Å². The number of hydrogen-bond acceptors (Lipinski definition) is 5. The topological polar surface area (TPSA) is 86.8 Å². The van der Waals surface area contributed by atoms with Gasteiger partial charge in [0.05, 0.1) is 13.0 Å². The maximum Gasteiger partial charge on any atom is 0.252 e. The van der Waals surface area contributed by atoms with Crippen LogP contribution in [0.3, 0.4) is 0 Å². The van der Waals surface area contributed by atoms with Crippen LogP contribution < -0.4 is 10.2 Å². The van der Waals surface area contributed by atoms with Crippen molar-refractivity contribution >= 4 is 38.9 Å². The molecular formula is C21H25N3O4S2. The van der Waals surface area contributed by atoms with E-state index in [4.69, 9.17) is 0 Å². The van der Waals surface area contributed by atoms with Gasteiger partial charge < -0.3 is 10.2 Å². The van der Waals surface area contributed by atoms with Crippen LogP contribution in [0.25, 0.3) is 0 Å². The SMILES string of the molecule is O=C(Cc1ccc(N2CCCC2=O)cc1)NCc1ccc(S(=O)(=O)N2CCCC2)s1. The first-order chi connectivity index (χ1) is 14.4. The molecule has 30 heavy (non-hydrogen) atoms. The van der Waals surface area contributed by atoms with Crippen molar-refractivity contribution in [1.29, 1.82) is 0 Å². The van der Waals surface area contributed by atoms with Crippen molar-refractivity contribution in [3.05, 3.63) is 46.8 Å². The third-order valence-corrected chi connectivity index (χ3v) is 8.89. The normalized spacial score (nSPS) is 17.6. The summed E-state index contributed by atoms with van der Waals surface area (Å²) in [5, 5.41) is 2.86. The van der Waals surface area contributed by atoms with Crippen LogP contribution in [0.1, 0.15) is 36.1 Å². The quantitative estimate of drug-likeness (QED) is 0.707. The van der Waals surface area contributed by atoms with Gasteiger partial charge in [-0.2, -0.15) is 4.31 Å². The second kappa shape index (κ2) is 8.87. The molecule has 2 saturated heterocycles. The fraction of sp³-hybridized carbons (Fsp3) is 0.429. The van der Waals surface area contributed by atoms with Crippen LogP contribution in [-0.2, 0) is 32.6 Å². The first-order valence-corrected chi connectivity index (χ1v) is 12.4. The van der Waals surface area contributed by atoms with Gasteiger partial charge in [0.2, 0.25) is 11.8 Å². The predicted molar refractivity (Wildman–Crippen MR) is 116 cm³/mol. The minimum Gasteiger partial charge on any atom is -0.351 e. The van der Waals surface area contributed by atoms with E-state index in [1.807, 2.05) is 24.3 Å². The molecule has 1 aromatic heterocycles. The molecule has 2 amide bonds. The third-order valence-electron chi connectivity index (χ3n) is 5.44. The van der Waals surface area contributed by atoms with E-state index in [2.05, 4.69) is 5.32 Å². The molecule has 0 unspecified atom stereocenters. The molecule has 0 spiro atoms. The first-order valence-electron chi connectivity index (χ1n) is 10.2. The van der Waals surface area contributed by atoms with Crippen molar-refractivity contribution in [2.45, 2.75) is 42.9 Å². The molecule has 0 radical (unpaired) electrons. The van der Waals surface area contributed by atoms with E-state index in [1.54, 1.807) is 17.0 Å². The highest BCUT2D eigenvalue weighted by Gasteiger charge is 2.28. The molecule has 2 aliphatic heterocycles. The number of nitrogens with one attached hydrogen (secondary N) is 1. The molecule has 9 heteroatoms. The summed E-state index contributed by atoms with van der Waals surface area (Å²) >= 11 is 1.21. The fourth-order valence-electron chi connectivity index (χ4n) is 3.80. The van der Waals surface area contributed by atoms with Crippen LogP contribution in [0.2, 0.25) is 0 Å². The van der Waals surface area contributed by atoms with Crippen LogP contribution in [0, 0.1) is 0 Å². The molecule has 4 rings (SSSR count). The van der Waals surface area contributed by atoms with Gasteiger partial charge in [-0.25, -0.2) is 8.42 Å². The lowest BCUT2D eigenvalue weighted by Gasteiger charge is -2.15. The number of carbonyl (C=O) groups excluding carboxylic acids is 2. The van der Waals surface area contributed by atoms with E-state index >= 15 is 0 Å². The average molecular weight is 448 g/mol. The zero-order valence-electron chi connectivity index (χ0n) is 16.7. The minimum atomic E-state index is -3.41. The average Bonchev–Trinajstić information content (AvgIpc) is 3.49. The third kappa shape index (κ3) is 4.58. The Morgan fingerprint density at radius 3 is 2.40 bits per heavy atom. The number of nitrogens with zero attached hydrogens (tertiary/aromatic N) is 2. The first kappa shape index (κ1) is 21.0. The number of benzene rings is 1. The standard InChI is InChI=1S/C21H25N3O4S2/c25-19(14-16-5-7-17(8-6-16)24-13-3-4-20(24)26)22-15-18-9-10-21(29-18)30(27,28)23-11-1-2-12-23/h5-10H,1-4,11-15H2,(H,22,25). The number of carbonyl (C=O) groups is 2. The van der Waals surface area contributed by atoms with E-state index < -0.39 is 10.0 Å². The van der Waals surface area contributed by atoms with Crippen molar-refractivity contribution in [3.8, 4) is 0 Å². The molecule has 2 fully saturated rings. The molecule has 0 aliphatic carbocycles. The van der Waals surface area contributed by atoms with Gasteiger partial charge in [-0.05, 0) is 49.1 Å². The van der Waals surface area contributed by atoms with Crippen molar-refractivity contribution in [1.82, 2.24) is 9.62 Å². The Labute approximate surface area is 180 Å². The summed E-state index contributed by atoms with van der Waals surface area (Å²) in [4.78, 5) is 26.7. The Balaban J connectivity index is 1.30. The molecule has 2 aromatic rings. The van der Waals surface area contributed by atoms with E-state index in [0.29, 0.717) is 30.3 Å². The molecule has 160 valence electrons. The van der Waals surface area contributed by atoms with Crippen LogP contribution in [0.4, 0.5) is 5.69 Å². The van der Waals surface area contributed by atoms with Crippen LogP contribution in [0.5, 0.6) is 0 Å². The number of sulfonamides is 1. The Kier molecular flexibility index (Phi) is 6.21. The molecule has 0 saturated carbocycles. The lowest BCUT2D eigenvalue weighted by Crippen LogP contribution is -2.27. The van der Waals surface area contributed by atoms with Gasteiger partial charge in [-0.3, -0.25) is 9.59 Å². The number of thiophene rings is 1. The Morgan fingerprint density at radius 1 is 1.00 bits per heavy atom. The Morgan fingerprint density at radius 2 is 1.73 bits per heavy atom. The zero-order valence-corrected chi connectivity index (χ0v) is 18.3. The highest BCUT2D eigenvalue weighted by molar-refractivity contribution is 7.91. The summed E-state index contributed by atoms with van der Waals surface area (Å²) in [6.07, 6.45) is 3.52. The smallest absolute Gasteiger partial charge is 0.252 e. The van der Waals surface area contributed by atoms with Crippen LogP contribution in [-0.4, -0.2) is 44.2 Å². The monoisotopic (exact) mass is 447 g/mol. The van der Waals surface area contributed by atoms with E-state index in [0.717, 1.165) is 41.9 Å². The summed E-state index contributed by atoms with van der Waals surface area (Å²) in [5.41, 5.74) is 1.73. The number of anilines is 1. The Bertz CT molecular complexity index is 1020. The summed E-state index contributed by atoms with van der Waals surface area (Å²) < 4.78 is 27.1. The van der Waals surface area contributed by atoms with Gasteiger partial charge in [-0.15, -0.1) is 11.3 Å². The van der Waals surface area contributed by atoms with E-state index in [1.165, 1.54) is 15.6 Å². The van der Waals surface area contributed by atoms with Gasteiger partial charge >= 0.3 is 0 Å². The Hall–Kier alpha value is -2.23. The number of hydrogen-bond donors (Lipinski definition) is 1. The molecule has 2 aliphatic rings. The minimum absolute atomic E-state index is 0.127. The molecule has 1 aromatic carbocycles. The van der Waals surface area contributed by atoms with Gasteiger partial charge in [0.25, 0.3) is 10.0 Å². The number of rotatable bonds is 7. The molecular weight excluding hydrogens is 422 g/mol. The second-order valence-electron chi connectivity index (χ2n) is 7.60. The molecule has 0 atom stereocenters. The molecule has 0 bridgehead atoms. The summed E-state index contributed by atoms with van der Waals surface area (Å²) in [5.74, 6) is 0.0138. The lowest BCUT2D eigenvalue weighted by molar-refractivity contribution is -0.120. The zero-order chi connectivity index (χ0) is 21.1. The lowest BCUT2D eigenvalue weighted by atomic mass is 10.1.